The predicted octanol–water partition coefficient (Wildman–Crippen LogP) is 7.68. The van der Waals surface area contributed by atoms with Crippen LogP contribution in [0, 0.1) is 11.6 Å². The molecule has 0 unspecified atom stereocenters. The highest BCUT2D eigenvalue weighted by molar-refractivity contribution is 5.68. The Kier molecular flexibility index (Phi) is 14.6. The van der Waals surface area contributed by atoms with Crippen molar-refractivity contribution in [1.82, 2.24) is 50.0 Å². The number of hydrogen-bond acceptors (Lipinski definition) is 10. The number of halogens is 4. The number of hydrogen-bond donors (Lipinski definition) is 2. The summed E-state index contributed by atoms with van der Waals surface area (Å²) in [5.74, 6) is -0.119. The van der Waals surface area contributed by atoms with Gasteiger partial charge in [0.1, 0.15) is 60.5 Å². The van der Waals surface area contributed by atoms with Crippen molar-refractivity contribution in [2.45, 2.75) is 152 Å². The summed E-state index contributed by atoms with van der Waals surface area (Å²) >= 11 is 0. The van der Waals surface area contributed by atoms with Gasteiger partial charge in [0.25, 0.3) is 0 Å². The van der Waals surface area contributed by atoms with Crippen LogP contribution in [-0.2, 0) is 9.47 Å². The summed E-state index contributed by atoms with van der Waals surface area (Å²) < 4.78 is 70.7. The van der Waals surface area contributed by atoms with Gasteiger partial charge in [0.15, 0.2) is 0 Å². The molecule has 14 nitrogen and oxygen atoms in total. The molecule has 2 aromatic carbocycles. The van der Waals surface area contributed by atoms with E-state index in [1.54, 1.807) is 54.2 Å². The van der Waals surface area contributed by atoms with Gasteiger partial charge < -0.3 is 20.1 Å². The number of amides is 2. The molecule has 18 heteroatoms. The van der Waals surface area contributed by atoms with Crippen molar-refractivity contribution in [3.05, 3.63) is 96.6 Å². The van der Waals surface area contributed by atoms with E-state index in [1.807, 2.05) is 33.6 Å². The zero-order valence-corrected chi connectivity index (χ0v) is 37.5. The lowest BCUT2D eigenvalue weighted by molar-refractivity contribution is 0.0330. The van der Waals surface area contributed by atoms with E-state index >= 15 is 0 Å². The van der Waals surface area contributed by atoms with Crippen molar-refractivity contribution >= 4 is 12.2 Å². The molecule has 2 aliphatic heterocycles. The zero-order valence-electron chi connectivity index (χ0n) is 37.5. The monoisotopic (exact) mass is 894 g/mol. The number of alkyl halides is 2. The minimum atomic E-state index is -1.05. The summed E-state index contributed by atoms with van der Waals surface area (Å²) in [7, 11) is 0. The van der Waals surface area contributed by atoms with Crippen molar-refractivity contribution in [3.8, 4) is 0 Å². The number of nitrogens with one attached hydrogen (secondary N) is 2. The van der Waals surface area contributed by atoms with E-state index in [1.165, 1.54) is 36.9 Å². The van der Waals surface area contributed by atoms with Crippen LogP contribution in [0.25, 0.3) is 0 Å². The molecule has 2 N–H and O–H groups in total. The molecule has 4 aliphatic rings. The largest absolute Gasteiger partial charge is 0.444 e. The number of likely N-dealkylation sites (tertiary alicyclic amines) is 2. The third kappa shape index (κ3) is 12.6. The molecular formula is C46H62F4N10O4. The van der Waals surface area contributed by atoms with Crippen LogP contribution in [0.2, 0.25) is 0 Å². The minimum Gasteiger partial charge on any atom is -0.444 e. The number of nitrogens with zero attached hydrogens (tertiary/aromatic N) is 8. The lowest BCUT2D eigenvalue weighted by Gasteiger charge is -2.40. The van der Waals surface area contributed by atoms with E-state index < -0.39 is 35.7 Å². The average molecular weight is 895 g/mol. The second kappa shape index (κ2) is 20.0. The van der Waals surface area contributed by atoms with Crippen LogP contribution in [0.3, 0.4) is 0 Å². The van der Waals surface area contributed by atoms with Crippen molar-refractivity contribution in [2.24, 2.45) is 0 Å². The number of piperidine rings is 2. The molecule has 10 atom stereocenters. The van der Waals surface area contributed by atoms with Gasteiger partial charge in [0.2, 0.25) is 0 Å². The Morgan fingerprint density at radius 1 is 0.562 bits per heavy atom. The zero-order chi connectivity index (χ0) is 45.8. The molecule has 2 aliphatic carbocycles. The molecule has 8 rings (SSSR count). The number of carbonyl (C=O) groups excluding carboxylic acids is 2. The van der Waals surface area contributed by atoms with Crippen molar-refractivity contribution in [2.75, 3.05) is 26.2 Å². The van der Waals surface area contributed by atoms with Gasteiger partial charge in [-0.25, -0.2) is 46.5 Å². The van der Waals surface area contributed by atoms with Gasteiger partial charge in [0.05, 0.1) is 12.1 Å². The Morgan fingerprint density at radius 2 is 0.922 bits per heavy atom. The van der Waals surface area contributed by atoms with Crippen LogP contribution in [0.1, 0.15) is 115 Å². The fourth-order valence-corrected chi connectivity index (χ4v) is 9.97. The fraction of sp³-hybridized carbons (Fsp3) is 0.609. The van der Waals surface area contributed by atoms with Crippen LogP contribution in [0.4, 0.5) is 27.2 Å². The number of rotatable bonds is 8. The summed E-state index contributed by atoms with van der Waals surface area (Å²) in [5.41, 5.74) is 0.909. The summed E-state index contributed by atoms with van der Waals surface area (Å²) in [6, 6.07) is 12.6. The van der Waals surface area contributed by atoms with Crippen molar-refractivity contribution in [1.29, 1.82) is 0 Å². The first-order valence-corrected chi connectivity index (χ1v) is 22.3. The molecule has 0 radical (unpaired) electrons. The topological polar surface area (TPSA) is 145 Å². The Hall–Kier alpha value is -5.10. The molecule has 4 fully saturated rings. The maximum atomic E-state index is 14.7. The van der Waals surface area contributed by atoms with Crippen molar-refractivity contribution < 1.29 is 36.6 Å². The van der Waals surface area contributed by atoms with E-state index in [0.29, 0.717) is 26.2 Å². The molecule has 348 valence electrons. The van der Waals surface area contributed by atoms with Crippen LogP contribution in [0.5, 0.6) is 0 Å². The highest BCUT2D eigenvalue weighted by Gasteiger charge is 2.45. The third-order valence-corrected chi connectivity index (χ3v) is 12.5. The van der Waals surface area contributed by atoms with Gasteiger partial charge in [-0.05, 0) is 114 Å². The average Bonchev–Trinajstić information content (AvgIpc) is 4.04. The lowest BCUT2D eigenvalue weighted by Crippen LogP contribution is -2.55. The quantitative estimate of drug-likeness (QED) is 0.169. The smallest absolute Gasteiger partial charge is 0.407 e. The summed E-state index contributed by atoms with van der Waals surface area (Å²) in [6.45, 7) is 12.5. The van der Waals surface area contributed by atoms with E-state index in [2.05, 4.69) is 40.6 Å². The number of carbonyl (C=O) groups is 2. The molecule has 0 bridgehead atoms. The first-order chi connectivity index (χ1) is 30.4. The van der Waals surface area contributed by atoms with E-state index in [9.17, 15) is 27.2 Å². The number of ether oxygens (including phenoxy) is 2. The van der Waals surface area contributed by atoms with Gasteiger partial charge in [-0.1, -0.05) is 24.3 Å². The number of benzene rings is 2. The Morgan fingerprint density at radius 3 is 1.25 bits per heavy atom. The molecular weight excluding hydrogens is 833 g/mol. The molecule has 0 spiro atoms. The predicted molar refractivity (Wildman–Crippen MR) is 231 cm³/mol. The molecule has 2 aromatic heterocycles. The minimum absolute atomic E-state index is 0.0139. The Balaban J connectivity index is 0.000000191. The summed E-state index contributed by atoms with van der Waals surface area (Å²) in [6.07, 6.45) is 6.95. The molecule has 4 aromatic rings. The molecule has 64 heavy (non-hydrogen) atoms. The molecule has 4 heterocycles. The van der Waals surface area contributed by atoms with Crippen LogP contribution < -0.4 is 10.6 Å². The lowest BCUT2D eigenvalue weighted by atomic mass is 9.96. The molecule has 2 saturated carbocycles. The summed E-state index contributed by atoms with van der Waals surface area (Å²) in [4.78, 5) is 36.9. The Labute approximate surface area is 372 Å². The SMILES string of the molecule is CC(C)(C)OC(=O)N[C@@H]1C[C@@H](F)CN([C@@H]2C[C@H](c3ccc(F)cc3)C[C@H]2n2cncn2)C1.CC(C)(C)OC(=O)N[C@@H]1C[C@@H](F)CN([C@H]2C[C@@H](c3ccc(F)cc3)C[C@@H]2n2cncn2)C1. The second-order valence-electron chi connectivity index (χ2n) is 19.7. The van der Waals surface area contributed by atoms with Crippen LogP contribution in [-0.4, -0.2) is 125 Å². The standard InChI is InChI=1S/2C23H31F2N5O2/c2*1-23(2,3)32-22(31)28-19-10-18(25)11-29(12-19)20-8-16(15-4-6-17(24)7-5-15)9-21(20)30-14-26-13-27-30/h2*4-7,13-14,16,18-21H,8-12H2,1-3H3,(H,28,31)/t16-,18+,19+,20+,21+;16-,18-,19-,20+,21+/m01/s1. The van der Waals surface area contributed by atoms with Gasteiger partial charge >= 0.3 is 12.2 Å². The first kappa shape index (κ1) is 46.9. The van der Waals surface area contributed by atoms with Gasteiger partial charge in [0, 0.05) is 63.2 Å². The first-order valence-electron chi connectivity index (χ1n) is 22.3. The van der Waals surface area contributed by atoms with Crippen LogP contribution in [0.15, 0.2) is 73.8 Å². The molecule has 2 amide bonds. The van der Waals surface area contributed by atoms with E-state index in [0.717, 1.165) is 36.8 Å². The van der Waals surface area contributed by atoms with Gasteiger partial charge in [-0.15, -0.1) is 0 Å². The normalized spacial score (nSPS) is 29.1. The molecule has 2 saturated heterocycles. The van der Waals surface area contributed by atoms with E-state index in [-0.39, 0.29) is 72.6 Å². The van der Waals surface area contributed by atoms with Crippen molar-refractivity contribution in [3.63, 3.8) is 0 Å². The van der Waals surface area contributed by atoms with Crippen LogP contribution >= 0.6 is 0 Å². The highest BCUT2D eigenvalue weighted by Crippen LogP contribution is 2.45. The number of aromatic nitrogens is 6. The number of alkyl carbamates (subject to hydrolysis) is 2. The van der Waals surface area contributed by atoms with Gasteiger partial charge in [-0.3, -0.25) is 9.80 Å². The second-order valence-corrected chi connectivity index (χ2v) is 19.7. The highest BCUT2D eigenvalue weighted by atomic mass is 19.1. The van der Waals surface area contributed by atoms with E-state index in [4.69, 9.17) is 9.47 Å². The van der Waals surface area contributed by atoms with Gasteiger partial charge in [-0.2, -0.15) is 10.2 Å². The fourth-order valence-electron chi connectivity index (χ4n) is 9.97. The maximum absolute atomic E-state index is 14.7. The summed E-state index contributed by atoms with van der Waals surface area (Å²) in [5, 5.41) is 14.4. The Bertz CT molecular complexity index is 1950. The maximum Gasteiger partial charge on any atom is 0.407 e. The third-order valence-electron chi connectivity index (χ3n) is 12.5.